The summed E-state index contributed by atoms with van der Waals surface area (Å²) >= 11 is 8.65. The summed E-state index contributed by atoms with van der Waals surface area (Å²) in [5.74, 6) is -0.367. The number of pyridine rings is 1. The van der Waals surface area contributed by atoms with Crippen LogP contribution in [-0.4, -0.2) is 20.4 Å². The molecule has 0 saturated heterocycles. The molecule has 5 nitrogen and oxygen atoms in total. The van der Waals surface area contributed by atoms with Crippen LogP contribution in [0.1, 0.15) is 20.3 Å². The van der Waals surface area contributed by atoms with Gasteiger partial charge in [0.1, 0.15) is 0 Å². The van der Waals surface area contributed by atoms with E-state index >= 15 is 0 Å². The summed E-state index contributed by atoms with van der Waals surface area (Å²) < 4.78 is 3.22. The zero-order valence-electron chi connectivity index (χ0n) is 10.0. The fourth-order valence-corrected chi connectivity index (χ4v) is 2.81. The summed E-state index contributed by atoms with van der Waals surface area (Å²) in [4.78, 5) is 18.6. The number of nitrogens with zero attached hydrogens (tertiary/aromatic N) is 2. The van der Waals surface area contributed by atoms with E-state index in [-0.39, 0.29) is 12.3 Å². The van der Waals surface area contributed by atoms with E-state index in [4.69, 9.17) is 18.0 Å². The van der Waals surface area contributed by atoms with E-state index < -0.39 is 5.54 Å². The van der Waals surface area contributed by atoms with Gasteiger partial charge in [0.05, 0.1) is 11.1 Å². The van der Waals surface area contributed by atoms with Gasteiger partial charge in [-0.15, -0.1) is 0 Å². The minimum Gasteiger partial charge on any atom is -0.370 e. The van der Waals surface area contributed by atoms with Gasteiger partial charge in [0.15, 0.2) is 10.4 Å². The molecular formula is C11H13BrN4OS. The topological polar surface area (TPSA) is 76.7 Å². The van der Waals surface area contributed by atoms with Crippen LogP contribution in [0.25, 0.3) is 11.2 Å². The van der Waals surface area contributed by atoms with Crippen molar-refractivity contribution < 1.29 is 4.79 Å². The number of fused-ring (bicyclic) bond motifs is 1. The van der Waals surface area contributed by atoms with E-state index in [0.29, 0.717) is 4.77 Å². The van der Waals surface area contributed by atoms with Gasteiger partial charge in [-0.2, -0.15) is 0 Å². The second-order valence-corrected chi connectivity index (χ2v) is 6.05. The normalized spacial score (nSPS) is 11.9. The number of aromatic nitrogens is 3. The number of rotatable bonds is 3. The molecule has 96 valence electrons. The number of hydrogen-bond acceptors (Lipinski definition) is 3. The van der Waals surface area contributed by atoms with Gasteiger partial charge < -0.3 is 10.7 Å². The number of nitrogens with one attached hydrogen (secondary N) is 1. The Hall–Kier alpha value is -1.21. The molecule has 0 radical (unpaired) electrons. The number of imidazole rings is 1. The Morgan fingerprint density at radius 3 is 2.94 bits per heavy atom. The average molecular weight is 329 g/mol. The number of amides is 1. The molecular weight excluding hydrogens is 316 g/mol. The van der Waals surface area contributed by atoms with E-state index in [9.17, 15) is 4.79 Å². The third kappa shape index (κ3) is 2.32. The summed E-state index contributed by atoms with van der Waals surface area (Å²) in [5.41, 5.74) is 6.31. The van der Waals surface area contributed by atoms with Gasteiger partial charge in [0.2, 0.25) is 5.91 Å². The standard InChI is InChI=1S/C11H13BrN4OS/c1-11(2,4-8(13)17)16-9-7(15-10(16)18)3-6(12)5-14-9/h3,5H,4H2,1-2H3,(H2,13,17)(H,15,18). The lowest BCUT2D eigenvalue weighted by Gasteiger charge is -2.25. The first-order valence-electron chi connectivity index (χ1n) is 5.36. The predicted octanol–water partition coefficient (Wildman–Crippen LogP) is 2.47. The van der Waals surface area contributed by atoms with Gasteiger partial charge >= 0.3 is 0 Å². The minimum atomic E-state index is -0.512. The monoisotopic (exact) mass is 328 g/mol. The zero-order chi connectivity index (χ0) is 13.5. The van der Waals surface area contributed by atoms with Crippen molar-refractivity contribution in [1.82, 2.24) is 14.5 Å². The third-order valence-corrected chi connectivity index (χ3v) is 3.42. The molecule has 0 aliphatic heterocycles. The van der Waals surface area contributed by atoms with E-state index in [0.717, 1.165) is 15.6 Å². The summed E-state index contributed by atoms with van der Waals surface area (Å²) in [6.07, 6.45) is 1.90. The fraction of sp³-hybridized carbons (Fsp3) is 0.364. The first kappa shape index (κ1) is 13.2. The van der Waals surface area contributed by atoms with Crippen LogP contribution in [0.5, 0.6) is 0 Å². The van der Waals surface area contributed by atoms with E-state index in [1.54, 1.807) is 6.20 Å². The van der Waals surface area contributed by atoms with E-state index in [1.807, 2.05) is 24.5 Å². The number of H-pyrrole nitrogens is 1. The highest BCUT2D eigenvalue weighted by atomic mass is 79.9. The summed E-state index contributed by atoms with van der Waals surface area (Å²) in [6.45, 7) is 3.81. The first-order chi connectivity index (χ1) is 8.31. The first-order valence-corrected chi connectivity index (χ1v) is 6.56. The Labute approximate surface area is 118 Å². The predicted molar refractivity (Wildman–Crippen MR) is 75.8 cm³/mol. The highest BCUT2D eigenvalue weighted by Gasteiger charge is 2.26. The number of carbonyl (C=O) groups excluding carboxylic acids is 1. The number of carbonyl (C=O) groups is 1. The largest absolute Gasteiger partial charge is 0.370 e. The van der Waals surface area contributed by atoms with E-state index in [1.165, 1.54) is 0 Å². The highest BCUT2D eigenvalue weighted by molar-refractivity contribution is 9.10. The van der Waals surface area contributed by atoms with Crippen LogP contribution in [0, 0.1) is 4.77 Å². The summed E-state index contributed by atoms with van der Waals surface area (Å²) in [6, 6.07) is 1.90. The van der Waals surface area contributed by atoms with Crippen LogP contribution in [0.3, 0.4) is 0 Å². The van der Waals surface area contributed by atoms with Gasteiger partial charge in [-0.05, 0) is 48.1 Å². The second kappa shape index (κ2) is 4.47. The molecule has 0 spiro atoms. The maximum atomic E-state index is 11.1. The average Bonchev–Trinajstić information content (AvgIpc) is 2.51. The molecule has 2 heterocycles. The maximum absolute atomic E-state index is 11.1. The number of primary amides is 1. The highest BCUT2D eigenvalue weighted by Crippen LogP contribution is 2.26. The smallest absolute Gasteiger partial charge is 0.219 e. The fourth-order valence-electron chi connectivity index (χ4n) is 2.04. The molecule has 3 N–H and O–H groups in total. The molecule has 1 amide bonds. The van der Waals surface area contributed by atoms with Crippen molar-refractivity contribution in [3.8, 4) is 0 Å². The van der Waals surface area contributed by atoms with Crippen LogP contribution in [0.15, 0.2) is 16.7 Å². The Bertz CT molecular complexity index is 673. The molecule has 0 unspecified atom stereocenters. The van der Waals surface area contributed by atoms with E-state index in [2.05, 4.69) is 25.9 Å². The van der Waals surface area contributed by atoms with Crippen LogP contribution in [0.2, 0.25) is 0 Å². The van der Waals surface area contributed by atoms with Gasteiger partial charge in [-0.1, -0.05) is 0 Å². The molecule has 2 rings (SSSR count). The third-order valence-electron chi connectivity index (χ3n) is 2.70. The molecule has 0 saturated carbocycles. The minimum absolute atomic E-state index is 0.200. The van der Waals surface area contributed by atoms with Crippen LogP contribution in [-0.2, 0) is 10.3 Å². The van der Waals surface area contributed by atoms with Gasteiger partial charge in [-0.25, -0.2) is 4.98 Å². The van der Waals surface area contributed by atoms with Crippen molar-refractivity contribution in [2.75, 3.05) is 0 Å². The van der Waals surface area contributed by atoms with Crippen LogP contribution in [0.4, 0.5) is 0 Å². The number of aromatic amines is 1. The summed E-state index contributed by atoms with van der Waals surface area (Å²) in [7, 11) is 0. The van der Waals surface area contributed by atoms with Gasteiger partial charge in [-0.3, -0.25) is 9.36 Å². The molecule has 7 heteroatoms. The number of halogens is 1. The Morgan fingerprint density at radius 1 is 1.67 bits per heavy atom. The van der Waals surface area contributed by atoms with Crippen molar-refractivity contribution in [2.45, 2.75) is 25.8 Å². The van der Waals surface area contributed by atoms with Crippen LogP contribution >= 0.6 is 28.1 Å². The van der Waals surface area contributed by atoms with Gasteiger partial charge in [0.25, 0.3) is 0 Å². The van der Waals surface area contributed by atoms with Crippen molar-refractivity contribution in [2.24, 2.45) is 5.73 Å². The Morgan fingerprint density at radius 2 is 2.33 bits per heavy atom. The Balaban J connectivity index is 2.67. The molecule has 0 aliphatic rings. The molecule has 0 bridgehead atoms. The van der Waals surface area contributed by atoms with Crippen LogP contribution < -0.4 is 5.73 Å². The molecule has 0 aromatic carbocycles. The van der Waals surface area contributed by atoms with Gasteiger partial charge in [0, 0.05) is 17.1 Å². The molecule has 2 aromatic heterocycles. The van der Waals surface area contributed by atoms with Crippen molar-refractivity contribution in [1.29, 1.82) is 0 Å². The molecule has 0 fully saturated rings. The molecule has 2 aromatic rings. The number of nitrogens with two attached hydrogens (primary N) is 1. The second-order valence-electron chi connectivity index (χ2n) is 4.75. The maximum Gasteiger partial charge on any atom is 0.219 e. The quantitative estimate of drug-likeness (QED) is 0.849. The number of hydrogen-bond donors (Lipinski definition) is 2. The summed E-state index contributed by atoms with van der Waals surface area (Å²) in [5, 5.41) is 0. The lowest BCUT2D eigenvalue weighted by molar-refractivity contribution is -0.119. The molecule has 18 heavy (non-hydrogen) atoms. The Kier molecular flexibility index (Phi) is 3.29. The lowest BCUT2D eigenvalue weighted by Crippen LogP contribution is -2.32. The molecule has 0 atom stereocenters. The zero-order valence-corrected chi connectivity index (χ0v) is 12.4. The van der Waals surface area contributed by atoms with Crippen molar-refractivity contribution >= 4 is 45.2 Å². The SMILES string of the molecule is CC(C)(CC(N)=O)n1c(=S)[nH]c2cc(Br)cnc21. The van der Waals surface area contributed by atoms with Crippen molar-refractivity contribution in [3.05, 3.63) is 21.5 Å². The lowest BCUT2D eigenvalue weighted by atomic mass is 10.00. The van der Waals surface area contributed by atoms with Crippen molar-refractivity contribution in [3.63, 3.8) is 0 Å². The molecule has 0 aliphatic carbocycles.